The zero-order valence-electron chi connectivity index (χ0n) is 20.2. The van der Waals surface area contributed by atoms with E-state index in [0.29, 0.717) is 11.4 Å². The molecule has 0 aromatic heterocycles. The van der Waals surface area contributed by atoms with E-state index < -0.39 is 0 Å². The van der Waals surface area contributed by atoms with Crippen molar-refractivity contribution in [2.45, 2.75) is 33.1 Å². The highest BCUT2D eigenvalue weighted by Crippen LogP contribution is 2.21. The minimum Gasteiger partial charge on any atom is -0.294 e. The lowest BCUT2D eigenvalue weighted by Crippen LogP contribution is -2.09. The molecule has 4 aromatic rings. The van der Waals surface area contributed by atoms with Crippen LogP contribution >= 0.6 is 11.6 Å². The summed E-state index contributed by atoms with van der Waals surface area (Å²) in [7, 11) is 0. The number of rotatable bonds is 5. The summed E-state index contributed by atoms with van der Waals surface area (Å²) in [6, 6.07) is 32.8. The Balaban J connectivity index is 0.000000204. The maximum absolute atomic E-state index is 12.3. The highest BCUT2D eigenvalue weighted by atomic mass is 35.5. The molecule has 0 spiro atoms. The smallest absolute Gasteiger partial charge is 0.170 e. The van der Waals surface area contributed by atoms with Crippen molar-refractivity contribution in [3.8, 4) is 0 Å². The van der Waals surface area contributed by atoms with E-state index in [1.54, 1.807) is 12.1 Å². The summed E-state index contributed by atoms with van der Waals surface area (Å²) in [5.41, 5.74) is 3.86. The summed E-state index contributed by atoms with van der Waals surface area (Å²) in [5.74, 6) is 0.00611. The van der Waals surface area contributed by atoms with E-state index in [1.807, 2.05) is 99.6 Å². The van der Waals surface area contributed by atoms with Crippen LogP contribution in [0.25, 0.3) is 0 Å². The third-order valence-corrected chi connectivity index (χ3v) is 5.43. The SMILES string of the molecule is CCC(=O)c1ccccc1.Cc1cccc(C(C)C(=O)c2ccccc2)c1.Fc1cccc(Cl)c1. The van der Waals surface area contributed by atoms with Crippen LogP contribution < -0.4 is 0 Å². The lowest BCUT2D eigenvalue weighted by Gasteiger charge is -2.11. The Morgan fingerprint density at radius 3 is 1.83 bits per heavy atom. The fourth-order valence-electron chi connectivity index (χ4n) is 3.23. The van der Waals surface area contributed by atoms with E-state index >= 15 is 0 Å². The number of carbonyl (C=O) groups excluding carboxylic acids is 2. The molecule has 0 saturated heterocycles. The van der Waals surface area contributed by atoms with E-state index in [1.165, 1.54) is 17.7 Å². The fraction of sp³-hybridized carbons (Fsp3) is 0.161. The van der Waals surface area contributed by atoms with Crippen LogP contribution in [0.1, 0.15) is 58.0 Å². The van der Waals surface area contributed by atoms with E-state index in [0.717, 1.165) is 16.7 Å². The van der Waals surface area contributed by atoms with Crippen LogP contribution in [0.2, 0.25) is 5.02 Å². The highest BCUT2D eigenvalue weighted by Gasteiger charge is 2.16. The molecule has 1 atom stereocenters. The minimum absolute atomic E-state index is 0.0858. The van der Waals surface area contributed by atoms with Crippen molar-refractivity contribution in [1.29, 1.82) is 0 Å². The summed E-state index contributed by atoms with van der Waals surface area (Å²) >= 11 is 5.40. The van der Waals surface area contributed by atoms with Gasteiger partial charge in [0.05, 0.1) is 0 Å². The average Bonchev–Trinajstić information content (AvgIpc) is 2.89. The maximum atomic E-state index is 12.3. The molecule has 180 valence electrons. The first kappa shape index (κ1) is 27.7. The molecule has 4 rings (SSSR count). The number of hydrogen-bond donors (Lipinski definition) is 0. The number of carbonyl (C=O) groups is 2. The second-order valence-corrected chi connectivity index (χ2v) is 8.39. The number of halogens is 2. The largest absolute Gasteiger partial charge is 0.294 e. The summed E-state index contributed by atoms with van der Waals surface area (Å²) in [5, 5.41) is 0.435. The third-order valence-electron chi connectivity index (χ3n) is 5.20. The van der Waals surface area contributed by atoms with Crippen LogP contribution in [0.15, 0.2) is 109 Å². The molecule has 0 fully saturated rings. The van der Waals surface area contributed by atoms with E-state index in [2.05, 4.69) is 6.07 Å². The zero-order valence-corrected chi connectivity index (χ0v) is 21.0. The van der Waals surface area contributed by atoms with Gasteiger partial charge in [0.2, 0.25) is 0 Å². The van der Waals surface area contributed by atoms with E-state index in [9.17, 15) is 14.0 Å². The number of Topliss-reactive ketones (excluding diaryl/α,β-unsaturated/α-hetero) is 2. The number of benzene rings is 4. The van der Waals surface area contributed by atoms with Crippen molar-refractivity contribution < 1.29 is 14.0 Å². The monoisotopic (exact) mass is 488 g/mol. The molecule has 0 aliphatic rings. The summed E-state index contributed by atoms with van der Waals surface area (Å²) < 4.78 is 12.1. The predicted molar refractivity (Wildman–Crippen MR) is 143 cm³/mol. The Bertz CT molecular complexity index is 1190. The van der Waals surface area contributed by atoms with Crippen LogP contribution in [0.5, 0.6) is 0 Å². The highest BCUT2D eigenvalue weighted by molar-refractivity contribution is 6.30. The van der Waals surface area contributed by atoms with Gasteiger partial charge in [-0.1, -0.05) is 122 Å². The molecule has 4 heteroatoms. The van der Waals surface area contributed by atoms with Crippen LogP contribution in [0.4, 0.5) is 4.39 Å². The van der Waals surface area contributed by atoms with Gasteiger partial charge in [0.25, 0.3) is 0 Å². The van der Waals surface area contributed by atoms with Crippen LogP contribution in [-0.4, -0.2) is 11.6 Å². The van der Waals surface area contributed by atoms with Gasteiger partial charge in [0.15, 0.2) is 11.6 Å². The minimum atomic E-state index is -0.294. The normalized spacial score (nSPS) is 10.7. The molecule has 2 nitrogen and oxygen atoms in total. The molecule has 0 aliphatic heterocycles. The topological polar surface area (TPSA) is 34.1 Å². The lowest BCUT2D eigenvalue weighted by atomic mass is 9.91. The first-order valence-electron chi connectivity index (χ1n) is 11.5. The van der Waals surface area contributed by atoms with Gasteiger partial charge in [0.1, 0.15) is 5.82 Å². The molecule has 35 heavy (non-hydrogen) atoms. The van der Waals surface area contributed by atoms with E-state index in [-0.39, 0.29) is 23.3 Å². The molecular weight excluding hydrogens is 459 g/mol. The fourth-order valence-corrected chi connectivity index (χ4v) is 3.41. The second kappa shape index (κ2) is 14.6. The van der Waals surface area contributed by atoms with Crippen molar-refractivity contribution in [2.75, 3.05) is 0 Å². The van der Waals surface area contributed by atoms with Crippen molar-refractivity contribution in [3.05, 3.63) is 142 Å². The molecule has 1 unspecified atom stereocenters. The summed E-state index contributed by atoms with van der Waals surface area (Å²) in [6.45, 7) is 5.88. The quantitative estimate of drug-likeness (QED) is 0.263. The molecule has 0 saturated carbocycles. The van der Waals surface area contributed by atoms with E-state index in [4.69, 9.17) is 11.6 Å². The third kappa shape index (κ3) is 9.68. The van der Waals surface area contributed by atoms with Gasteiger partial charge in [-0.15, -0.1) is 0 Å². The van der Waals surface area contributed by atoms with Crippen molar-refractivity contribution >= 4 is 23.2 Å². The molecule has 0 amide bonds. The van der Waals surface area contributed by atoms with Gasteiger partial charge in [-0.3, -0.25) is 9.59 Å². The molecule has 0 heterocycles. The maximum Gasteiger partial charge on any atom is 0.170 e. The zero-order chi connectivity index (χ0) is 25.6. The van der Waals surface area contributed by atoms with Gasteiger partial charge in [0, 0.05) is 28.5 Å². The Morgan fingerprint density at radius 2 is 1.34 bits per heavy atom. The first-order chi connectivity index (χ1) is 16.8. The van der Waals surface area contributed by atoms with Crippen LogP contribution in [-0.2, 0) is 0 Å². The van der Waals surface area contributed by atoms with Gasteiger partial charge in [-0.05, 0) is 30.7 Å². The molecule has 0 bridgehead atoms. The van der Waals surface area contributed by atoms with Crippen molar-refractivity contribution in [1.82, 2.24) is 0 Å². The molecule has 0 aliphatic carbocycles. The molecule has 0 N–H and O–H groups in total. The first-order valence-corrected chi connectivity index (χ1v) is 11.8. The van der Waals surface area contributed by atoms with Gasteiger partial charge >= 0.3 is 0 Å². The van der Waals surface area contributed by atoms with Gasteiger partial charge in [-0.25, -0.2) is 4.39 Å². The Kier molecular flexibility index (Phi) is 11.6. The summed E-state index contributed by atoms with van der Waals surface area (Å²) in [6.07, 6.45) is 0.587. The average molecular weight is 489 g/mol. The van der Waals surface area contributed by atoms with Gasteiger partial charge < -0.3 is 0 Å². The Labute approximate surface area is 212 Å². The van der Waals surface area contributed by atoms with Crippen LogP contribution in [0, 0.1) is 12.7 Å². The molecular formula is C31H30ClFO2. The van der Waals surface area contributed by atoms with Crippen LogP contribution in [0.3, 0.4) is 0 Å². The lowest BCUT2D eigenvalue weighted by molar-refractivity contribution is 0.0963. The number of ketones is 2. The van der Waals surface area contributed by atoms with Gasteiger partial charge in [-0.2, -0.15) is 0 Å². The molecule has 0 radical (unpaired) electrons. The summed E-state index contributed by atoms with van der Waals surface area (Å²) in [4.78, 5) is 23.3. The number of aryl methyl sites for hydroxylation is 1. The number of hydrogen-bond acceptors (Lipinski definition) is 2. The standard InChI is InChI=1S/C16H16O.C9H10O.C6H4ClF/c1-12-7-6-10-15(11-12)13(2)16(17)14-8-4-3-5-9-14;1-2-9(10)8-6-4-3-5-7-8;7-5-2-1-3-6(8)4-5/h3-11,13H,1-2H3;3-7H,2H2,1H3;1-4H. The Morgan fingerprint density at radius 1 is 0.771 bits per heavy atom. The van der Waals surface area contributed by atoms with Crippen molar-refractivity contribution in [3.63, 3.8) is 0 Å². The predicted octanol–water partition coefficient (Wildman–Crippen LogP) is 8.74. The van der Waals surface area contributed by atoms with Crippen molar-refractivity contribution in [2.24, 2.45) is 0 Å². The Hall–Kier alpha value is -3.56. The second-order valence-electron chi connectivity index (χ2n) is 7.95. The molecule has 4 aromatic carbocycles.